The van der Waals surface area contributed by atoms with Crippen LogP contribution in [0.5, 0.6) is 0 Å². The number of halogens is 1. The van der Waals surface area contributed by atoms with Gasteiger partial charge in [0.15, 0.2) is 0 Å². The fraction of sp³-hybridized carbons (Fsp3) is 0.500. The number of nitrogens with one attached hydrogen (secondary N) is 1. The first-order valence-electron chi connectivity index (χ1n) is 6.06. The number of hydrogen-bond acceptors (Lipinski definition) is 5. The van der Waals surface area contributed by atoms with Gasteiger partial charge in [-0.05, 0) is 12.1 Å². The molecule has 0 amide bonds. The second kappa shape index (κ2) is 8.28. The van der Waals surface area contributed by atoms with E-state index in [1.807, 2.05) is 0 Å². The molecule has 0 aliphatic rings. The van der Waals surface area contributed by atoms with Crippen LogP contribution >= 0.6 is 0 Å². The van der Waals surface area contributed by atoms with Gasteiger partial charge in [0.2, 0.25) is 10.0 Å². The van der Waals surface area contributed by atoms with Gasteiger partial charge in [-0.1, -0.05) is 6.07 Å². The molecule has 20 heavy (non-hydrogen) atoms. The molecule has 1 aromatic rings. The van der Waals surface area contributed by atoms with Gasteiger partial charge < -0.3 is 15.2 Å². The van der Waals surface area contributed by atoms with Crippen molar-refractivity contribution >= 4 is 10.0 Å². The first kappa shape index (κ1) is 17.0. The first-order valence-corrected chi connectivity index (χ1v) is 7.55. The Hall–Kier alpha value is -1.06. The van der Waals surface area contributed by atoms with Crippen LogP contribution in [0.3, 0.4) is 0 Å². The quantitative estimate of drug-likeness (QED) is 0.637. The SMILES string of the molecule is COCCOCCNS(=O)(=O)c1cccc(F)c1CN. The molecule has 0 atom stereocenters. The summed E-state index contributed by atoms with van der Waals surface area (Å²) in [5.74, 6) is -0.633. The molecular formula is C12H19FN2O4S. The van der Waals surface area contributed by atoms with E-state index in [1.54, 1.807) is 7.11 Å². The van der Waals surface area contributed by atoms with E-state index in [0.29, 0.717) is 13.2 Å². The van der Waals surface area contributed by atoms with E-state index in [9.17, 15) is 12.8 Å². The topological polar surface area (TPSA) is 90.6 Å². The van der Waals surface area contributed by atoms with Crippen molar-refractivity contribution < 1.29 is 22.3 Å². The fourth-order valence-electron chi connectivity index (χ4n) is 1.56. The largest absolute Gasteiger partial charge is 0.382 e. The van der Waals surface area contributed by atoms with Gasteiger partial charge in [0, 0.05) is 25.8 Å². The van der Waals surface area contributed by atoms with E-state index < -0.39 is 15.8 Å². The van der Waals surface area contributed by atoms with Crippen molar-refractivity contribution in [3.05, 3.63) is 29.6 Å². The highest BCUT2D eigenvalue weighted by molar-refractivity contribution is 7.89. The second-order valence-corrected chi connectivity index (χ2v) is 5.66. The highest BCUT2D eigenvalue weighted by Crippen LogP contribution is 2.17. The molecule has 0 unspecified atom stereocenters. The summed E-state index contributed by atoms with van der Waals surface area (Å²) in [5.41, 5.74) is 5.36. The third-order valence-corrected chi connectivity index (χ3v) is 4.09. The van der Waals surface area contributed by atoms with Crippen LogP contribution in [-0.4, -0.2) is 41.9 Å². The van der Waals surface area contributed by atoms with Crippen molar-refractivity contribution in [1.29, 1.82) is 0 Å². The predicted molar refractivity (Wildman–Crippen MR) is 72.2 cm³/mol. The Morgan fingerprint density at radius 3 is 2.70 bits per heavy atom. The molecule has 0 saturated carbocycles. The molecule has 8 heteroatoms. The lowest BCUT2D eigenvalue weighted by Gasteiger charge is -2.11. The number of ether oxygens (including phenoxy) is 2. The molecule has 0 fully saturated rings. The Bertz CT molecular complexity index is 522. The van der Waals surface area contributed by atoms with Crippen molar-refractivity contribution in [2.24, 2.45) is 5.73 Å². The van der Waals surface area contributed by atoms with Gasteiger partial charge in [-0.2, -0.15) is 0 Å². The first-order chi connectivity index (χ1) is 9.53. The molecule has 0 bridgehead atoms. The number of nitrogens with two attached hydrogens (primary N) is 1. The van der Waals surface area contributed by atoms with Crippen LogP contribution in [0.4, 0.5) is 4.39 Å². The Labute approximate surface area is 118 Å². The molecule has 0 radical (unpaired) electrons. The average Bonchev–Trinajstić information content (AvgIpc) is 2.42. The number of rotatable bonds is 9. The Morgan fingerprint density at radius 1 is 1.30 bits per heavy atom. The summed E-state index contributed by atoms with van der Waals surface area (Å²) in [6.07, 6.45) is 0. The third-order valence-electron chi connectivity index (χ3n) is 2.54. The predicted octanol–water partition coefficient (Wildman–Crippen LogP) is 0.226. The van der Waals surface area contributed by atoms with E-state index in [0.717, 1.165) is 0 Å². The molecule has 0 aliphatic carbocycles. The zero-order valence-corrected chi connectivity index (χ0v) is 12.1. The zero-order valence-electron chi connectivity index (χ0n) is 11.3. The maximum atomic E-state index is 13.5. The molecule has 0 aromatic heterocycles. The van der Waals surface area contributed by atoms with E-state index in [1.165, 1.54) is 18.2 Å². The van der Waals surface area contributed by atoms with Crippen molar-refractivity contribution in [3.63, 3.8) is 0 Å². The average molecular weight is 306 g/mol. The van der Waals surface area contributed by atoms with Gasteiger partial charge in [-0.3, -0.25) is 0 Å². The van der Waals surface area contributed by atoms with Crippen LogP contribution in [-0.2, 0) is 26.0 Å². The van der Waals surface area contributed by atoms with Gasteiger partial charge in [-0.25, -0.2) is 17.5 Å². The summed E-state index contributed by atoms with van der Waals surface area (Å²) < 4.78 is 49.8. The molecule has 1 aromatic carbocycles. The number of benzene rings is 1. The summed E-state index contributed by atoms with van der Waals surface area (Å²) in [6.45, 7) is 0.926. The minimum atomic E-state index is -3.80. The van der Waals surface area contributed by atoms with Crippen molar-refractivity contribution in [1.82, 2.24) is 4.72 Å². The lowest BCUT2D eigenvalue weighted by molar-refractivity contribution is 0.0736. The van der Waals surface area contributed by atoms with Gasteiger partial charge in [-0.15, -0.1) is 0 Å². The molecule has 1 rings (SSSR count). The van der Waals surface area contributed by atoms with E-state index in [2.05, 4.69) is 4.72 Å². The van der Waals surface area contributed by atoms with Gasteiger partial charge in [0.25, 0.3) is 0 Å². The maximum absolute atomic E-state index is 13.5. The number of sulfonamides is 1. The molecule has 114 valence electrons. The standard InChI is InChI=1S/C12H19FN2O4S/c1-18-7-8-19-6-5-15-20(16,17)12-4-2-3-11(13)10(12)9-14/h2-4,15H,5-9,14H2,1H3. The van der Waals surface area contributed by atoms with E-state index in [4.69, 9.17) is 15.2 Å². The summed E-state index contributed by atoms with van der Waals surface area (Å²) in [4.78, 5) is -0.142. The monoisotopic (exact) mass is 306 g/mol. The summed E-state index contributed by atoms with van der Waals surface area (Å²) >= 11 is 0. The minimum absolute atomic E-state index is 0.0275. The normalized spacial score (nSPS) is 11.8. The highest BCUT2D eigenvalue weighted by Gasteiger charge is 2.19. The number of methoxy groups -OCH3 is 1. The van der Waals surface area contributed by atoms with Crippen molar-refractivity contribution in [2.75, 3.05) is 33.5 Å². The molecule has 0 spiro atoms. The lowest BCUT2D eigenvalue weighted by atomic mass is 10.2. The Kier molecular flexibility index (Phi) is 7.03. The van der Waals surface area contributed by atoms with Crippen LogP contribution in [0.25, 0.3) is 0 Å². The fourth-order valence-corrected chi connectivity index (χ4v) is 2.83. The van der Waals surface area contributed by atoms with Gasteiger partial charge >= 0.3 is 0 Å². The van der Waals surface area contributed by atoms with Gasteiger partial charge in [0.1, 0.15) is 5.82 Å². The van der Waals surface area contributed by atoms with Crippen LogP contribution in [0.15, 0.2) is 23.1 Å². The maximum Gasteiger partial charge on any atom is 0.241 e. The molecule has 3 N–H and O–H groups in total. The van der Waals surface area contributed by atoms with Crippen molar-refractivity contribution in [2.45, 2.75) is 11.4 Å². The number of hydrogen-bond donors (Lipinski definition) is 2. The molecule has 0 aliphatic heterocycles. The van der Waals surface area contributed by atoms with Gasteiger partial charge in [0.05, 0.1) is 24.7 Å². The zero-order chi connectivity index (χ0) is 15.0. The molecular weight excluding hydrogens is 287 g/mol. The smallest absolute Gasteiger partial charge is 0.241 e. The highest BCUT2D eigenvalue weighted by atomic mass is 32.2. The van der Waals surface area contributed by atoms with Crippen LogP contribution in [0.2, 0.25) is 0 Å². The summed E-state index contributed by atoms with van der Waals surface area (Å²) in [5, 5.41) is 0. The molecule has 0 saturated heterocycles. The Balaban J connectivity index is 2.63. The second-order valence-electron chi connectivity index (χ2n) is 3.92. The van der Waals surface area contributed by atoms with E-state index in [-0.39, 0.29) is 30.2 Å². The Morgan fingerprint density at radius 2 is 2.05 bits per heavy atom. The molecule has 0 heterocycles. The van der Waals surface area contributed by atoms with Crippen LogP contribution in [0.1, 0.15) is 5.56 Å². The minimum Gasteiger partial charge on any atom is -0.382 e. The lowest BCUT2D eigenvalue weighted by Crippen LogP contribution is -2.29. The van der Waals surface area contributed by atoms with E-state index >= 15 is 0 Å². The van der Waals surface area contributed by atoms with Crippen LogP contribution in [0, 0.1) is 5.82 Å². The summed E-state index contributed by atoms with van der Waals surface area (Å²) in [7, 11) is -2.25. The van der Waals surface area contributed by atoms with Crippen LogP contribution < -0.4 is 10.5 Å². The van der Waals surface area contributed by atoms with Crippen molar-refractivity contribution in [3.8, 4) is 0 Å². The third kappa shape index (κ3) is 4.80. The summed E-state index contributed by atoms with van der Waals surface area (Å²) in [6, 6.07) is 3.83. The molecule has 6 nitrogen and oxygen atoms in total.